The highest BCUT2D eigenvalue weighted by Gasteiger charge is 2.44. The van der Waals surface area contributed by atoms with Crippen molar-refractivity contribution in [1.82, 2.24) is 0 Å². The van der Waals surface area contributed by atoms with Crippen molar-refractivity contribution in [2.24, 2.45) is 0 Å². The van der Waals surface area contributed by atoms with Crippen LogP contribution >= 0.6 is 0 Å². The van der Waals surface area contributed by atoms with Gasteiger partial charge in [0.2, 0.25) is 0 Å². The van der Waals surface area contributed by atoms with Crippen LogP contribution in [0.3, 0.4) is 0 Å². The topological polar surface area (TPSA) is 58.9 Å². The molecule has 0 aromatic rings. The molecule has 2 N–H and O–H groups in total. The molecule has 90 valence electrons. The number of aliphatic hydroxyl groups is 2. The molecule has 4 nitrogen and oxygen atoms in total. The molecule has 1 heterocycles. The molecule has 1 rings (SSSR count). The van der Waals surface area contributed by atoms with Crippen molar-refractivity contribution in [2.75, 3.05) is 6.61 Å². The molecule has 5 heteroatoms. The summed E-state index contributed by atoms with van der Waals surface area (Å²) >= 11 is 0. The van der Waals surface area contributed by atoms with Gasteiger partial charge in [-0.15, -0.1) is 0 Å². The van der Waals surface area contributed by atoms with Gasteiger partial charge in [-0.05, 0) is 18.1 Å². The van der Waals surface area contributed by atoms with Crippen LogP contribution in [0.4, 0.5) is 0 Å². The maximum absolute atomic E-state index is 9.61. The predicted molar refractivity (Wildman–Crippen MR) is 60.0 cm³/mol. The standard InChI is InChI=1S/C10H22O4Si/c1-10(2,3)15(4,5)14-9-8(12)7(11)6-13-9/h7-9,11-12H,6H2,1-5H3. The van der Waals surface area contributed by atoms with E-state index in [9.17, 15) is 10.2 Å². The van der Waals surface area contributed by atoms with Crippen LogP contribution in [-0.2, 0) is 9.16 Å². The average Bonchev–Trinajstić information content (AvgIpc) is 2.33. The highest BCUT2D eigenvalue weighted by molar-refractivity contribution is 6.74. The fourth-order valence-corrected chi connectivity index (χ4v) is 2.28. The molecule has 1 aliphatic rings. The molecule has 0 aromatic heterocycles. The Bertz CT molecular complexity index is 224. The molecule has 0 amide bonds. The molecule has 0 spiro atoms. The summed E-state index contributed by atoms with van der Waals surface area (Å²) in [6.45, 7) is 10.7. The van der Waals surface area contributed by atoms with Gasteiger partial charge in [0, 0.05) is 0 Å². The summed E-state index contributed by atoms with van der Waals surface area (Å²) in [6, 6.07) is 0. The van der Waals surface area contributed by atoms with Crippen LogP contribution in [-0.4, -0.2) is 43.6 Å². The molecular weight excluding hydrogens is 212 g/mol. The zero-order chi connectivity index (χ0) is 11.9. The lowest BCUT2D eigenvalue weighted by molar-refractivity contribution is -0.101. The minimum atomic E-state index is -1.94. The minimum Gasteiger partial charge on any atom is -0.390 e. The Kier molecular flexibility index (Phi) is 3.62. The molecule has 1 fully saturated rings. The van der Waals surface area contributed by atoms with Crippen LogP contribution < -0.4 is 0 Å². The molecule has 0 aliphatic carbocycles. The van der Waals surface area contributed by atoms with E-state index in [1.807, 2.05) is 0 Å². The molecule has 0 radical (unpaired) electrons. The molecular formula is C10H22O4Si. The first-order valence-corrected chi connectivity index (χ1v) is 8.21. The zero-order valence-electron chi connectivity index (χ0n) is 10.2. The van der Waals surface area contributed by atoms with E-state index >= 15 is 0 Å². The van der Waals surface area contributed by atoms with Crippen LogP contribution in [0.2, 0.25) is 18.1 Å². The smallest absolute Gasteiger partial charge is 0.195 e. The normalized spacial score (nSPS) is 33.4. The number of hydrogen-bond donors (Lipinski definition) is 2. The Morgan fingerprint density at radius 1 is 1.27 bits per heavy atom. The first-order chi connectivity index (χ1) is 6.65. The first kappa shape index (κ1) is 13.1. The number of aliphatic hydroxyl groups excluding tert-OH is 2. The number of hydrogen-bond acceptors (Lipinski definition) is 4. The van der Waals surface area contributed by atoms with Crippen LogP contribution in [0.1, 0.15) is 20.8 Å². The van der Waals surface area contributed by atoms with Crippen molar-refractivity contribution in [2.45, 2.75) is 57.4 Å². The lowest BCUT2D eigenvalue weighted by Gasteiger charge is -2.38. The van der Waals surface area contributed by atoms with Crippen LogP contribution in [0, 0.1) is 0 Å². The second-order valence-corrected chi connectivity index (χ2v) is 10.4. The van der Waals surface area contributed by atoms with Gasteiger partial charge in [0.15, 0.2) is 14.6 Å². The van der Waals surface area contributed by atoms with Gasteiger partial charge in [-0.3, -0.25) is 0 Å². The van der Waals surface area contributed by atoms with Gasteiger partial charge < -0.3 is 19.4 Å². The summed E-state index contributed by atoms with van der Waals surface area (Å²) in [6.07, 6.45) is -2.40. The quantitative estimate of drug-likeness (QED) is 0.702. The predicted octanol–water partition coefficient (Wildman–Crippen LogP) is 1.09. The van der Waals surface area contributed by atoms with Gasteiger partial charge in [-0.25, -0.2) is 0 Å². The average molecular weight is 234 g/mol. The summed E-state index contributed by atoms with van der Waals surface area (Å²) in [5, 5.41) is 19.0. The molecule has 3 atom stereocenters. The lowest BCUT2D eigenvalue weighted by Crippen LogP contribution is -2.47. The summed E-state index contributed by atoms with van der Waals surface area (Å²) in [4.78, 5) is 0. The molecule has 0 saturated carbocycles. The number of ether oxygens (including phenoxy) is 1. The van der Waals surface area contributed by atoms with Crippen LogP contribution in [0.15, 0.2) is 0 Å². The largest absolute Gasteiger partial charge is 0.390 e. The van der Waals surface area contributed by atoms with E-state index in [2.05, 4.69) is 33.9 Å². The van der Waals surface area contributed by atoms with Gasteiger partial charge in [0.1, 0.15) is 12.2 Å². The van der Waals surface area contributed by atoms with E-state index in [0.717, 1.165) is 0 Å². The van der Waals surface area contributed by atoms with E-state index in [4.69, 9.17) is 9.16 Å². The van der Waals surface area contributed by atoms with Crippen LogP contribution in [0.5, 0.6) is 0 Å². The zero-order valence-corrected chi connectivity index (χ0v) is 11.2. The Morgan fingerprint density at radius 3 is 2.13 bits per heavy atom. The third kappa shape index (κ3) is 2.79. The Labute approximate surface area is 92.3 Å². The van der Waals surface area contributed by atoms with Crippen molar-refractivity contribution >= 4 is 8.32 Å². The van der Waals surface area contributed by atoms with Gasteiger partial charge in [0.05, 0.1) is 6.61 Å². The Hall–Kier alpha value is 0.0569. The SMILES string of the molecule is CC(C)(C)[Si](C)(C)OC1OCC(O)C1O. The maximum Gasteiger partial charge on any atom is 0.195 e. The second kappa shape index (κ2) is 4.14. The molecule has 1 aliphatic heterocycles. The highest BCUT2D eigenvalue weighted by Crippen LogP contribution is 2.38. The molecule has 0 aromatic carbocycles. The summed E-state index contributed by atoms with van der Waals surface area (Å²) in [7, 11) is -1.94. The molecule has 1 saturated heterocycles. The highest BCUT2D eigenvalue weighted by atomic mass is 28.4. The van der Waals surface area contributed by atoms with Gasteiger partial charge in [-0.1, -0.05) is 20.8 Å². The van der Waals surface area contributed by atoms with E-state index in [1.54, 1.807) is 0 Å². The fraction of sp³-hybridized carbons (Fsp3) is 1.00. The van der Waals surface area contributed by atoms with Gasteiger partial charge in [0.25, 0.3) is 0 Å². The summed E-state index contributed by atoms with van der Waals surface area (Å²) in [5.74, 6) is 0. The van der Waals surface area contributed by atoms with Crippen molar-refractivity contribution in [3.63, 3.8) is 0 Å². The lowest BCUT2D eigenvalue weighted by atomic mass is 10.2. The number of rotatable bonds is 2. The van der Waals surface area contributed by atoms with E-state index in [1.165, 1.54) is 0 Å². The molecule has 15 heavy (non-hydrogen) atoms. The second-order valence-electron chi connectivity index (χ2n) is 5.64. The van der Waals surface area contributed by atoms with Crippen molar-refractivity contribution in [1.29, 1.82) is 0 Å². The summed E-state index contributed by atoms with van der Waals surface area (Å²) in [5.41, 5.74) is 0. The minimum absolute atomic E-state index is 0.0730. The first-order valence-electron chi connectivity index (χ1n) is 5.31. The monoisotopic (exact) mass is 234 g/mol. The van der Waals surface area contributed by atoms with Gasteiger partial charge >= 0.3 is 0 Å². The van der Waals surface area contributed by atoms with E-state index in [-0.39, 0.29) is 11.6 Å². The molecule has 0 bridgehead atoms. The van der Waals surface area contributed by atoms with Crippen molar-refractivity contribution < 1.29 is 19.4 Å². The fourth-order valence-electron chi connectivity index (χ4n) is 1.14. The Morgan fingerprint density at radius 2 is 1.80 bits per heavy atom. The molecule has 3 unspecified atom stereocenters. The third-order valence-corrected chi connectivity index (χ3v) is 7.76. The van der Waals surface area contributed by atoms with Crippen LogP contribution in [0.25, 0.3) is 0 Å². The van der Waals surface area contributed by atoms with E-state index in [0.29, 0.717) is 0 Å². The maximum atomic E-state index is 9.61. The van der Waals surface area contributed by atoms with E-state index < -0.39 is 26.8 Å². The van der Waals surface area contributed by atoms with Gasteiger partial charge in [-0.2, -0.15) is 0 Å². The third-order valence-electron chi connectivity index (χ3n) is 3.32. The Balaban J connectivity index is 2.62. The van der Waals surface area contributed by atoms with Crippen molar-refractivity contribution in [3.05, 3.63) is 0 Å². The van der Waals surface area contributed by atoms with Crippen molar-refractivity contribution in [3.8, 4) is 0 Å². The summed E-state index contributed by atoms with van der Waals surface area (Å²) < 4.78 is 11.1.